The van der Waals surface area contributed by atoms with Crippen molar-refractivity contribution in [1.82, 2.24) is 34.4 Å². The van der Waals surface area contributed by atoms with Crippen molar-refractivity contribution >= 4 is 50.2 Å². The molecule has 1 aliphatic carbocycles. The van der Waals surface area contributed by atoms with Crippen LogP contribution in [0.3, 0.4) is 0 Å². The van der Waals surface area contributed by atoms with Crippen molar-refractivity contribution in [2.45, 2.75) is 44.4 Å². The van der Waals surface area contributed by atoms with Gasteiger partial charge in [-0.05, 0) is 36.7 Å². The van der Waals surface area contributed by atoms with Crippen LogP contribution < -0.4 is 24.0 Å². The Hall–Kier alpha value is -5.37. The molecule has 1 saturated heterocycles. The lowest BCUT2D eigenvalue weighted by Crippen LogP contribution is -2.37. The highest BCUT2D eigenvalue weighted by Gasteiger charge is 2.28. The molecule has 4 aromatic rings. The number of rotatable bonds is 13. The van der Waals surface area contributed by atoms with Crippen LogP contribution in [0.5, 0.6) is 11.6 Å². The van der Waals surface area contributed by atoms with Crippen LogP contribution in [0, 0.1) is 10.1 Å². The van der Waals surface area contributed by atoms with Crippen LogP contribution in [0.15, 0.2) is 36.9 Å². The van der Waals surface area contributed by atoms with E-state index in [-0.39, 0.29) is 36.9 Å². The predicted molar refractivity (Wildman–Crippen MR) is 190 cm³/mol. The Morgan fingerprint density at radius 3 is 2.40 bits per heavy atom. The molecule has 2 aliphatic rings. The predicted octanol–water partition coefficient (Wildman–Crippen LogP) is 2.13. The number of carbonyl (C=O) groups is 1. The molecular formula is C32H41N11O8S. The lowest BCUT2D eigenvalue weighted by molar-refractivity contribution is -0.396. The minimum absolute atomic E-state index is 0.0992. The van der Waals surface area contributed by atoms with E-state index in [1.807, 2.05) is 6.07 Å². The first-order valence-electron chi connectivity index (χ1n) is 16.7. The highest BCUT2D eigenvalue weighted by Crippen LogP contribution is 2.34. The average Bonchev–Trinajstić information content (AvgIpc) is 3.50. The summed E-state index contributed by atoms with van der Waals surface area (Å²) in [6.07, 6.45) is 9.64. The Balaban J connectivity index is 1.20. The zero-order valence-corrected chi connectivity index (χ0v) is 30.2. The van der Waals surface area contributed by atoms with E-state index in [2.05, 4.69) is 30.2 Å². The van der Waals surface area contributed by atoms with E-state index in [1.165, 1.54) is 41.3 Å². The maximum atomic E-state index is 13.1. The smallest absolute Gasteiger partial charge is 0.434 e. The Kier molecular flexibility index (Phi) is 10.8. The van der Waals surface area contributed by atoms with Gasteiger partial charge in [0.2, 0.25) is 21.9 Å². The van der Waals surface area contributed by atoms with Crippen molar-refractivity contribution in [2.24, 2.45) is 7.05 Å². The van der Waals surface area contributed by atoms with Gasteiger partial charge in [0.25, 0.3) is 5.91 Å². The highest BCUT2D eigenvalue weighted by atomic mass is 32.2. The third-order valence-electron chi connectivity index (χ3n) is 8.94. The molecular weight excluding hydrogens is 698 g/mol. The summed E-state index contributed by atoms with van der Waals surface area (Å²) in [6, 6.07) is 3.63. The van der Waals surface area contributed by atoms with E-state index < -0.39 is 20.9 Å². The number of carbonyl (C=O) groups excluding carboxylic acids is 1. The first-order valence-corrected chi connectivity index (χ1v) is 18.5. The van der Waals surface area contributed by atoms with Crippen LogP contribution in [0.4, 0.5) is 23.4 Å². The van der Waals surface area contributed by atoms with Crippen molar-refractivity contribution in [1.29, 1.82) is 0 Å². The number of ether oxygens (including phenoxy) is 3. The molecule has 4 aromatic heterocycles. The lowest BCUT2D eigenvalue weighted by Gasteiger charge is -2.31. The summed E-state index contributed by atoms with van der Waals surface area (Å²) in [6.45, 7) is 2.11. The van der Waals surface area contributed by atoms with E-state index >= 15 is 0 Å². The molecule has 0 aromatic carbocycles. The van der Waals surface area contributed by atoms with Gasteiger partial charge in [0.15, 0.2) is 12.4 Å². The molecule has 2 fully saturated rings. The molecule has 6 rings (SSSR count). The van der Waals surface area contributed by atoms with Crippen LogP contribution in [-0.4, -0.2) is 119 Å². The van der Waals surface area contributed by atoms with Crippen LogP contribution in [-0.2, 0) is 33.1 Å². The monoisotopic (exact) mass is 739 g/mol. The second-order valence-electron chi connectivity index (χ2n) is 12.8. The highest BCUT2D eigenvalue weighted by molar-refractivity contribution is 7.92. The van der Waals surface area contributed by atoms with Gasteiger partial charge in [0.05, 0.1) is 68.2 Å². The number of nitrogens with one attached hydrogen (secondary N) is 1. The molecule has 278 valence electrons. The molecule has 0 spiro atoms. The number of fused-ring (bicyclic) bond motifs is 1. The van der Waals surface area contributed by atoms with Crippen molar-refractivity contribution in [3.05, 3.63) is 52.7 Å². The average molecular weight is 740 g/mol. The second kappa shape index (κ2) is 15.5. The van der Waals surface area contributed by atoms with Crippen molar-refractivity contribution in [3.8, 4) is 11.6 Å². The number of pyridine rings is 2. The zero-order chi connectivity index (χ0) is 37.0. The number of anilines is 3. The zero-order valence-electron chi connectivity index (χ0n) is 29.3. The Bertz CT molecular complexity index is 2010. The summed E-state index contributed by atoms with van der Waals surface area (Å²) in [5.41, 5.74) is 1.15. The molecule has 0 atom stereocenters. The van der Waals surface area contributed by atoms with Crippen LogP contribution in [0.25, 0.3) is 10.9 Å². The van der Waals surface area contributed by atoms with Gasteiger partial charge >= 0.3 is 5.95 Å². The van der Waals surface area contributed by atoms with Gasteiger partial charge in [-0.1, -0.05) is 4.98 Å². The summed E-state index contributed by atoms with van der Waals surface area (Å²) in [5, 5.41) is 15.3. The fourth-order valence-corrected chi connectivity index (χ4v) is 6.80. The van der Waals surface area contributed by atoms with E-state index in [1.54, 1.807) is 20.2 Å². The molecule has 1 aliphatic heterocycles. The van der Waals surface area contributed by atoms with Gasteiger partial charge < -0.3 is 39.4 Å². The van der Waals surface area contributed by atoms with E-state index in [9.17, 15) is 23.3 Å². The van der Waals surface area contributed by atoms with E-state index in [4.69, 9.17) is 19.2 Å². The summed E-state index contributed by atoms with van der Waals surface area (Å²) < 4.78 is 46.1. The van der Waals surface area contributed by atoms with Crippen molar-refractivity contribution < 1.29 is 32.3 Å². The van der Waals surface area contributed by atoms with E-state index in [0.29, 0.717) is 79.1 Å². The Morgan fingerprint density at radius 2 is 1.77 bits per heavy atom. The number of sulfonamides is 1. The maximum absolute atomic E-state index is 13.1. The minimum atomic E-state index is -3.86. The third-order valence-corrected chi connectivity index (χ3v) is 10.1. The standard InChI is InChI=1S/C32H41N11O8S/c1-39(2)29(44)20-50-25-17-34-31(35-18-25)37-21-5-7-24(8-6-21)51-30-26-13-22(15-33-27(26)14-28(38-30)41-9-11-49-12-10-41)42(52(4,47)48)19-23-16-36-32(40(23)3)43(45)46/h13-18,21,24H,5-12,19-20H2,1-4H3,(H,34,35,37). The number of amides is 1. The molecule has 0 radical (unpaired) electrons. The second-order valence-corrected chi connectivity index (χ2v) is 14.7. The molecule has 52 heavy (non-hydrogen) atoms. The molecule has 5 heterocycles. The fraction of sp³-hybridized carbons (Fsp3) is 0.500. The number of likely N-dealkylation sites (N-methyl/N-ethyl adjacent to an activating group) is 1. The molecule has 0 unspecified atom stereocenters. The van der Waals surface area contributed by atoms with Gasteiger partial charge in [-0.3, -0.25) is 14.1 Å². The third kappa shape index (κ3) is 8.56. The van der Waals surface area contributed by atoms with Crippen molar-refractivity contribution in [3.63, 3.8) is 0 Å². The van der Waals surface area contributed by atoms with Gasteiger partial charge in [0.1, 0.15) is 23.8 Å². The molecule has 0 bridgehead atoms. The molecule has 19 nitrogen and oxygen atoms in total. The number of morpholine rings is 1. The molecule has 1 N–H and O–H groups in total. The lowest BCUT2D eigenvalue weighted by atomic mass is 9.93. The van der Waals surface area contributed by atoms with Crippen LogP contribution in [0.2, 0.25) is 0 Å². The molecule has 20 heteroatoms. The largest absolute Gasteiger partial charge is 0.481 e. The van der Waals surface area contributed by atoms with Crippen LogP contribution in [0.1, 0.15) is 31.4 Å². The normalized spacial score (nSPS) is 17.8. The molecule has 1 amide bonds. The SMILES string of the molecule is CN(C)C(=O)COc1cnc(NC2CCC(Oc3nc(N4CCOCC4)cc4ncc(N(Cc5cnc([N+](=O)[O-])n5C)S(C)(=O)=O)cc34)CC2)nc1. The van der Waals surface area contributed by atoms with Crippen molar-refractivity contribution in [2.75, 3.05) is 67.8 Å². The summed E-state index contributed by atoms with van der Waals surface area (Å²) in [5.74, 6) is 1.30. The number of nitro groups is 1. The van der Waals surface area contributed by atoms with Gasteiger partial charge in [-0.2, -0.15) is 4.98 Å². The summed E-state index contributed by atoms with van der Waals surface area (Å²) in [7, 11) is 0.912. The molecule has 1 saturated carbocycles. The summed E-state index contributed by atoms with van der Waals surface area (Å²) >= 11 is 0. The fourth-order valence-electron chi connectivity index (χ4n) is 5.95. The number of hydrogen-bond donors (Lipinski definition) is 1. The number of aromatic nitrogens is 6. The number of nitrogens with zero attached hydrogens (tertiary/aromatic N) is 10. The van der Waals surface area contributed by atoms with Crippen LogP contribution >= 0.6 is 0 Å². The van der Waals surface area contributed by atoms with Gasteiger partial charge in [0, 0.05) is 39.3 Å². The number of imidazole rings is 1. The Labute approximate surface area is 300 Å². The minimum Gasteiger partial charge on any atom is -0.481 e. The maximum Gasteiger partial charge on any atom is 0.434 e. The first kappa shape index (κ1) is 36.4. The first-order chi connectivity index (χ1) is 24.9. The number of hydrogen-bond acceptors (Lipinski definition) is 15. The Morgan fingerprint density at radius 1 is 1.06 bits per heavy atom. The summed E-state index contributed by atoms with van der Waals surface area (Å²) in [4.78, 5) is 48.1. The quantitative estimate of drug-likeness (QED) is 0.154. The van der Waals surface area contributed by atoms with Gasteiger partial charge in [-0.25, -0.2) is 23.0 Å². The topological polar surface area (TPSA) is 213 Å². The van der Waals surface area contributed by atoms with Gasteiger partial charge in [-0.15, -0.1) is 0 Å². The van der Waals surface area contributed by atoms with E-state index in [0.717, 1.165) is 23.4 Å².